The number of rotatable bonds is 3. The highest BCUT2D eigenvalue weighted by molar-refractivity contribution is 5.99. The maximum absolute atomic E-state index is 11.8. The zero-order chi connectivity index (χ0) is 13.3. The van der Waals surface area contributed by atoms with E-state index in [1.807, 2.05) is 6.92 Å². The fourth-order valence-corrected chi connectivity index (χ4v) is 2.03. The number of pyridine rings is 1. The second-order valence-corrected chi connectivity index (χ2v) is 4.26. The van der Waals surface area contributed by atoms with Crippen molar-refractivity contribution in [1.82, 2.24) is 4.98 Å². The molecule has 0 spiro atoms. The Kier molecular flexibility index (Phi) is 3.18. The van der Waals surface area contributed by atoms with Gasteiger partial charge in [0, 0.05) is 18.5 Å². The molecule has 0 bridgehead atoms. The first kappa shape index (κ1) is 12.3. The summed E-state index contributed by atoms with van der Waals surface area (Å²) in [6.45, 7) is 2.02. The molecule has 6 nitrogen and oxygen atoms in total. The normalized spacial score (nSPS) is 19.1. The quantitative estimate of drug-likeness (QED) is 0.859. The van der Waals surface area contributed by atoms with Crippen LogP contribution >= 0.6 is 0 Å². The number of aryl methyl sites for hydroxylation is 1. The zero-order valence-electron chi connectivity index (χ0n) is 10.2. The Balaban J connectivity index is 2.24. The number of carboxylic acid groups (broad SMARTS) is 1. The van der Waals surface area contributed by atoms with E-state index in [9.17, 15) is 9.59 Å². The molecule has 1 aliphatic heterocycles. The van der Waals surface area contributed by atoms with Crippen LogP contribution in [0.2, 0.25) is 0 Å². The number of aliphatic carboxylic acids is 1. The van der Waals surface area contributed by atoms with Gasteiger partial charge in [-0.3, -0.25) is 9.59 Å². The lowest BCUT2D eigenvalue weighted by atomic mass is 10.1. The first-order chi connectivity index (χ1) is 8.52. The molecular formula is C12H14N2O4. The van der Waals surface area contributed by atoms with E-state index in [1.165, 1.54) is 18.2 Å². The molecule has 0 saturated carbocycles. The predicted molar refractivity (Wildman–Crippen MR) is 63.6 cm³/mol. The van der Waals surface area contributed by atoms with Crippen LogP contribution in [0.3, 0.4) is 0 Å². The van der Waals surface area contributed by atoms with Gasteiger partial charge in [0.15, 0.2) is 0 Å². The van der Waals surface area contributed by atoms with Crippen molar-refractivity contribution in [1.29, 1.82) is 0 Å². The second-order valence-electron chi connectivity index (χ2n) is 4.26. The molecule has 6 heteroatoms. The van der Waals surface area contributed by atoms with Gasteiger partial charge in [0.1, 0.15) is 0 Å². The summed E-state index contributed by atoms with van der Waals surface area (Å²) >= 11 is 0. The molecule has 2 heterocycles. The van der Waals surface area contributed by atoms with Gasteiger partial charge in [-0.2, -0.15) is 0 Å². The number of hydrogen-bond acceptors (Lipinski definition) is 4. The van der Waals surface area contributed by atoms with Gasteiger partial charge < -0.3 is 14.7 Å². The van der Waals surface area contributed by atoms with Crippen LogP contribution < -0.4 is 9.64 Å². The van der Waals surface area contributed by atoms with Gasteiger partial charge in [-0.15, -0.1) is 0 Å². The Morgan fingerprint density at radius 2 is 2.33 bits per heavy atom. The number of carbonyl (C=O) groups is 2. The van der Waals surface area contributed by atoms with Gasteiger partial charge in [0.25, 0.3) is 0 Å². The Morgan fingerprint density at radius 3 is 2.83 bits per heavy atom. The Hall–Kier alpha value is -2.11. The monoisotopic (exact) mass is 250 g/mol. The highest BCUT2D eigenvalue weighted by Gasteiger charge is 2.35. The third-order valence-corrected chi connectivity index (χ3v) is 3.00. The molecule has 1 saturated heterocycles. The van der Waals surface area contributed by atoms with Gasteiger partial charge in [0.2, 0.25) is 11.8 Å². The van der Waals surface area contributed by atoms with Crippen LogP contribution in [0.25, 0.3) is 0 Å². The number of hydrogen-bond donors (Lipinski definition) is 1. The highest BCUT2D eigenvalue weighted by Crippen LogP contribution is 2.27. The summed E-state index contributed by atoms with van der Waals surface area (Å²) in [5.41, 5.74) is 1.42. The lowest BCUT2D eigenvalue weighted by molar-refractivity contribution is -0.141. The molecule has 0 aliphatic carbocycles. The summed E-state index contributed by atoms with van der Waals surface area (Å²) in [4.78, 5) is 28.2. The van der Waals surface area contributed by atoms with Crippen LogP contribution in [-0.4, -0.2) is 35.6 Å². The molecule has 0 aromatic carbocycles. The summed E-state index contributed by atoms with van der Waals surface area (Å²) in [5, 5.41) is 8.92. The fourth-order valence-electron chi connectivity index (χ4n) is 2.03. The molecule has 1 aliphatic rings. The molecule has 2 rings (SSSR count). The van der Waals surface area contributed by atoms with Crippen molar-refractivity contribution in [2.45, 2.75) is 13.3 Å². The second kappa shape index (κ2) is 4.64. The van der Waals surface area contributed by atoms with E-state index in [0.29, 0.717) is 11.6 Å². The first-order valence-electron chi connectivity index (χ1n) is 5.56. The van der Waals surface area contributed by atoms with Gasteiger partial charge in [-0.25, -0.2) is 4.98 Å². The topological polar surface area (TPSA) is 79.7 Å². The van der Waals surface area contributed by atoms with Crippen molar-refractivity contribution in [2.75, 3.05) is 18.6 Å². The molecule has 1 unspecified atom stereocenters. The lowest BCUT2D eigenvalue weighted by Gasteiger charge is -2.16. The van der Waals surface area contributed by atoms with Crippen LogP contribution in [0.15, 0.2) is 12.3 Å². The van der Waals surface area contributed by atoms with E-state index >= 15 is 0 Å². The average molecular weight is 250 g/mol. The number of amides is 1. The van der Waals surface area contributed by atoms with Crippen molar-refractivity contribution >= 4 is 17.6 Å². The third-order valence-electron chi connectivity index (χ3n) is 3.00. The van der Waals surface area contributed by atoms with Gasteiger partial charge in [-0.05, 0) is 13.0 Å². The molecule has 1 N–H and O–H groups in total. The number of ether oxygens (including phenoxy) is 1. The summed E-state index contributed by atoms with van der Waals surface area (Å²) < 4.78 is 5.04. The molecule has 1 atom stereocenters. The van der Waals surface area contributed by atoms with E-state index in [2.05, 4.69) is 4.98 Å². The van der Waals surface area contributed by atoms with Crippen molar-refractivity contribution < 1.29 is 19.4 Å². The first-order valence-corrected chi connectivity index (χ1v) is 5.56. The number of carbonyl (C=O) groups excluding carboxylic acids is 1. The molecule has 96 valence electrons. The standard InChI is InChI=1S/C12H14N2O4/c1-7-3-9(5-13-11(7)18-2)14-6-8(12(16)17)4-10(14)15/h3,5,8H,4,6H2,1-2H3,(H,16,17). The highest BCUT2D eigenvalue weighted by atomic mass is 16.5. The Labute approximate surface area is 104 Å². The number of anilines is 1. The van der Waals surface area contributed by atoms with Gasteiger partial charge >= 0.3 is 5.97 Å². The fraction of sp³-hybridized carbons (Fsp3) is 0.417. The SMILES string of the molecule is COc1ncc(N2CC(C(=O)O)CC2=O)cc1C. The number of aromatic nitrogens is 1. The van der Waals surface area contributed by atoms with Crippen LogP contribution in [0, 0.1) is 12.8 Å². The molecule has 1 aromatic heterocycles. The number of methoxy groups -OCH3 is 1. The molecular weight excluding hydrogens is 236 g/mol. The molecule has 18 heavy (non-hydrogen) atoms. The van der Waals surface area contributed by atoms with Gasteiger partial charge in [-0.1, -0.05) is 0 Å². The van der Waals surface area contributed by atoms with E-state index < -0.39 is 11.9 Å². The largest absolute Gasteiger partial charge is 0.481 e. The predicted octanol–water partition coefficient (Wildman–Crippen LogP) is 0.836. The van der Waals surface area contributed by atoms with Crippen molar-refractivity contribution in [2.24, 2.45) is 5.92 Å². The van der Waals surface area contributed by atoms with Crippen LogP contribution in [0.5, 0.6) is 5.88 Å². The maximum Gasteiger partial charge on any atom is 0.308 e. The Bertz CT molecular complexity index is 501. The molecule has 1 fully saturated rings. The number of nitrogens with zero attached hydrogens (tertiary/aromatic N) is 2. The van der Waals surface area contributed by atoms with Crippen LogP contribution in [0.1, 0.15) is 12.0 Å². The zero-order valence-corrected chi connectivity index (χ0v) is 10.2. The van der Waals surface area contributed by atoms with Crippen molar-refractivity contribution in [3.63, 3.8) is 0 Å². The molecule has 1 aromatic rings. The Morgan fingerprint density at radius 1 is 1.61 bits per heavy atom. The number of carboxylic acids is 1. The summed E-state index contributed by atoms with van der Waals surface area (Å²) in [7, 11) is 1.52. The minimum absolute atomic E-state index is 0.0421. The van der Waals surface area contributed by atoms with E-state index in [-0.39, 0.29) is 18.9 Å². The van der Waals surface area contributed by atoms with Gasteiger partial charge in [0.05, 0.1) is 24.9 Å². The van der Waals surface area contributed by atoms with Crippen molar-refractivity contribution in [3.05, 3.63) is 17.8 Å². The lowest BCUT2D eigenvalue weighted by Crippen LogP contribution is -2.26. The van der Waals surface area contributed by atoms with Crippen LogP contribution in [0.4, 0.5) is 5.69 Å². The summed E-state index contributed by atoms with van der Waals surface area (Å²) in [6.07, 6.45) is 1.56. The molecule has 1 amide bonds. The molecule has 0 radical (unpaired) electrons. The minimum atomic E-state index is -0.941. The van der Waals surface area contributed by atoms with E-state index in [4.69, 9.17) is 9.84 Å². The van der Waals surface area contributed by atoms with E-state index in [1.54, 1.807) is 6.07 Å². The maximum atomic E-state index is 11.8. The summed E-state index contributed by atoms with van der Waals surface area (Å²) in [6, 6.07) is 1.77. The summed E-state index contributed by atoms with van der Waals surface area (Å²) in [5.74, 6) is -1.27. The van der Waals surface area contributed by atoms with Crippen LogP contribution in [-0.2, 0) is 9.59 Å². The van der Waals surface area contributed by atoms with E-state index in [0.717, 1.165) is 5.56 Å². The smallest absolute Gasteiger partial charge is 0.308 e. The van der Waals surface area contributed by atoms with Crippen molar-refractivity contribution in [3.8, 4) is 5.88 Å². The third kappa shape index (κ3) is 2.13. The average Bonchev–Trinajstić information content (AvgIpc) is 2.71. The minimum Gasteiger partial charge on any atom is -0.481 e.